The van der Waals surface area contributed by atoms with Crippen molar-refractivity contribution in [3.8, 4) is 0 Å². The second kappa shape index (κ2) is 7.48. The molecule has 0 bridgehead atoms. The van der Waals surface area contributed by atoms with E-state index in [9.17, 15) is 0 Å². The third-order valence-electron chi connectivity index (χ3n) is 6.48. The molecule has 1 aromatic carbocycles. The second-order valence-corrected chi connectivity index (χ2v) is 8.46. The van der Waals surface area contributed by atoms with Crippen molar-refractivity contribution in [3.63, 3.8) is 0 Å². The maximum atomic E-state index is 5.91. The smallest absolute Gasteiger partial charge is 0.227 e. The molecule has 2 aromatic heterocycles. The molecule has 3 aromatic rings. The van der Waals surface area contributed by atoms with Crippen molar-refractivity contribution in [1.29, 1.82) is 0 Å². The van der Waals surface area contributed by atoms with Gasteiger partial charge in [-0.3, -0.25) is 10.00 Å². The average molecular weight is 390 g/mol. The first kappa shape index (κ1) is 18.1. The van der Waals surface area contributed by atoms with E-state index in [4.69, 9.17) is 5.73 Å². The maximum Gasteiger partial charge on any atom is 0.227 e. The third kappa shape index (κ3) is 3.70. The number of aromatic nitrogens is 4. The summed E-state index contributed by atoms with van der Waals surface area (Å²) < 4.78 is 0. The molecule has 2 aliphatic rings. The lowest BCUT2D eigenvalue weighted by Gasteiger charge is -2.29. The number of aromatic amines is 1. The number of hydrogen-bond acceptors (Lipinski definition) is 6. The molecule has 2 unspecified atom stereocenters. The molecule has 7 nitrogen and oxygen atoms in total. The van der Waals surface area contributed by atoms with E-state index < -0.39 is 0 Å². The number of H-pyrrole nitrogens is 1. The van der Waals surface area contributed by atoms with Crippen LogP contribution in [-0.2, 0) is 13.0 Å². The summed E-state index contributed by atoms with van der Waals surface area (Å²) in [5.74, 6) is 1.89. The summed E-state index contributed by atoms with van der Waals surface area (Å²) in [6.45, 7) is 5.07. The van der Waals surface area contributed by atoms with Crippen LogP contribution < -0.4 is 10.6 Å². The molecule has 7 heteroatoms. The van der Waals surface area contributed by atoms with Gasteiger partial charge < -0.3 is 10.6 Å². The minimum atomic E-state index is 0.240. The van der Waals surface area contributed by atoms with Gasteiger partial charge in [0.1, 0.15) is 5.82 Å². The summed E-state index contributed by atoms with van der Waals surface area (Å²) in [5, 5.41) is 7.21. The van der Waals surface area contributed by atoms with Gasteiger partial charge in [-0.05, 0) is 36.5 Å². The summed E-state index contributed by atoms with van der Waals surface area (Å²) in [4.78, 5) is 13.9. The molecule has 0 amide bonds. The Labute approximate surface area is 171 Å². The summed E-state index contributed by atoms with van der Waals surface area (Å²) >= 11 is 0. The third-order valence-corrected chi connectivity index (χ3v) is 6.48. The number of nitrogens with one attached hydrogen (secondary N) is 1. The van der Waals surface area contributed by atoms with Gasteiger partial charge in [0.15, 0.2) is 0 Å². The number of fused-ring (bicyclic) bond motifs is 1. The Morgan fingerprint density at radius 3 is 2.76 bits per heavy atom. The highest BCUT2D eigenvalue weighted by Crippen LogP contribution is 2.46. The highest BCUT2D eigenvalue weighted by Gasteiger charge is 2.52. The van der Waals surface area contributed by atoms with Crippen LogP contribution in [0.15, 0.2) is 54.9 Å². The van der Waals surface area contributed by atoms with Crippen molar-refractivity contribution >= 4 is 11.8 Å². The van der Waals surface area contributed by atoms with Gasteiger partial charge in [-0.25, -0.2) is 4.98 Å². The normalized spacial score (nSPS) is 24.1. The minimum absolute atomic E-state index is 0.240. The first-order valence-corrected chi connectivity index (χ1v) is 10.3. The number of hydrogen-bond donors (Lipinski definition) is 2. The minimum Gasteiger partial charge on any atom is -0.384 e. The van der Waals surface area contributed by atoms with Crippen LogP contribution in [-0.4, -0.2) is 51.2 Å². The Bertz CT molecular complexity index is 943. The van der Waals surface area contributed by atoms with E-state index in [0.717, 1.165) is 45.1 Å². The zero-order chi connectivity index (χ0) is 19.7. The fourth-order valence-electron chi connectivity index (χ4n) is 5.09. The molecule has 0 radical (unpaired) electrons. The topological polar surface area (TPSA) is 87.0 Å². The Balaban J connectivity index is 1.36. The molecule has 2 aliphatic heterocycles. The van der Waals surface area contributed by atoms with Crippen LogP contribution in [0.3, 0.4) is 0 Å². The zero-order valence-corrected chi connectivity index (χ0v) is 16.5. The van der Waals surface area contributed by atoms with Gasteiger partial charge in [0, 0.05) is 56.2 Å². The second-order valence-electron chi connectivity index (χ2n) is 8.46. The monoisotopic (exact) mass is 389 g/mol. The van der Waals surface area contributed by atoms with Gasteiger partial charge in [-0.1, -0.05) is 30.3 Å². The van der Waals surface area contributed by atoms with Crippen LogP contribution in [0.25, 0.3) is 0 Å². The predicted octanol–water partition coefficient (Wildman–Crippen LogP) is 2.35. The molecular weight excluding hydrogens is 362 g/mol. The number of aryl methyl sites for hydroxylation is 1. The average Bonchev–Trinajstić information content (AvgIpc) is 3.43. The SMILES string of the molecule is Nc1ccnc(N2CC3CN(Cc4ccn[nH]4)CC3(CCc3ccccc3)C2)n1. The van der Waals surface area contributed by atoms with Crippen LogP contribution in [0.5, 0.6) is 0 Å². The van der Waals surface area contributed by atoms with Crippen molar-refractivity contribution in [2.45, 2.75) is 19.4 Å². The molecule has 29 heavy (non-hydrogen) atoms. The summed E-state index contributed by atoms with van der Waals surface area (Å²) in [5.41, 5.74) is 8.74. The highest BCUT2D eigenvalue weighted by atomic mass is 15.3. The molecule has 0 aliphatic carbocycles. The number of nitrogens with zero attached hydrogens (tertiary/aromatic N) is 5. The van der Waals surface area contributed by atoms with Crippen molar-refractivity contribution in [2.75, 3.05) is 36.8 Å². The van der Waals surface area contributed by atoms with Crippen LogP contribution in [0.2, 0.25) is 0 Å². The lowest BCUT2D eigenvalue weighted by Crippen LogP contribution is -2.35. The predicted molar refractivity (Wildman–Crippen MR) is 113 cm³/mol. The Hall–Kier alpha value is -2.93. The molecule has 0 saturated carbocycles. The molecule has 2 saturated heterocycles. The number of nitrogen functional groups attached to an aromatic ring is 1. The largest absolute Gasteiger partial charge is 0.384 e. The molecule has 150 valence electrons. The van der Waals surface area contributed by atoms with Gasteiger partial charge in [-0.2, -0.15) is 10.1 Å². The van der Waals surface area contributed by atoms with E-state index in [1.165, 1.54) is 17.7 Å². The zero-order valence-electron chi connectivity index (χ0n) is 16.5. The number of benzene rings is 1. The van der Waals surface area contributed by atoms with Crippen molar-refractivity contribution in [3.05, 3.63) is 66.1 Å². The Kier molecular flexibility index (Phi) is 4.67. The quantitative estimate of drug-likeness (QED) is 0.673. The van der Waals surface area contributed by atoms with E-state index in [1.807, 2.05) is 6.20 Å². The Morgan fingerprint density at radius 1 is 1.07 bits per heavy atom. The van der Waals surface area contributed by atoms with E-state index >= 15 is 0 Å². The number of rotatable bonds is 6. The van der Waals surface area contributed by atoms with Crippen molar-refractivity contribution in [1.82, 2.24) is 25.1 Å². The fourth-order valence-corrected chi connectivity index (χ4v) is 5.09. The van der Waals surface area contributed by atoms with E-state index in [2.05, 4.69) is 66.4 Å². The number of anilines is 2. The maximum absolute atomic E-state index is 5.91. The number of likely N-dealkylation sites (tertiary alicyclic amines) is 1. The number of nitrogens with two attached hydrogens (primary N) is 1. The van der Waals surface area contributed by atoms with Crippen molar-refractivity contribution in [2.24, 2.45) is 11.3 Å². The van der Waals surface area contributed by atoms with Crippen LogP contribution in [0.4, 0.5) is 11.8 Å². The van der Waals surface area contributed by atoms with Crippen LogP contribution in [0, 0.1) is 11.3 Å². The van der Waals surface area contributed by atoms with Gasteiger partial charge >= 0.3 is 0 Å². The van der Waals surface area contributed by atoms with E-state index in [-0.39, 0.29) is 5.41 Å². The van der Waals surface area contributed by atoms with Gasteiger partial charge in [0.05, 0.1) is 0 Å². The van der Waals surface area contributed by atoms with Gasteiger partial charge in [0.25, 0.3) is 0 Å². The highest BCUT2D eigenvalue weighted by molar-refractivity contribution is 5.40. The standard InChI is InChI=1S/C22H27N7/c23-20-8-10-24-21(26-20)29-13-18-12-28(14-19-7-11-25-27-19)15-22(18,16-29)9-6-17-4-2-1-3-5-17/h1-5,7-8,10-11,18H,6,9,12-16H2,(H,25,27)(H2,23,24,26). The molecule has 2 fully saturated rings. The lowest BCUT2D eigenvalue weighted by molar-refractivity contribution is 0.239. The van der Waals surface area contributed by atoms with Crippen LogP contribution >= 0.6 is 0 Å². The van der Waals surface area contributed by atoms with E-state index in [1.54, 1.807) is 12.3 Å². The summed E-state index contributed by atoms with van der Waals surface area (Å²) in [6.07, 6.45) is 5.85. The summed E-state index contributed by atoms with van der Waals surface area (Å²) in [7, 11) is 0. The molecule has 4 heterocycles. The fraction of sp³-hybridized carbons (Fsp3) is 0.409. The molecule has 2 atom stereocenters. The van der Waals surface area contributed by atoms with Crippen molar-refractivity contribution < 1.29 is 0 Å². The molecule has 5 rings (SSSR count). The summed E-state index contributed by atoms with van der Waals surface area (Å²) in [6, 6.07) is 14.6. The molecule has 3 N–H and O–H groups in total. The lowest BCUT2D eigenvalue weighted by atomic mass is 9.76. The molecule has 0 spiro atoms. The van der Waals surface area contributed by atoms with Crippen LogP contribution in [0.1, 0.15) is 17.7 Å². The molecular formula is C22H27N7. The Morgan fingerprint density at radius 2 is 1.97 bits per heavy atom. The first-order chi connectivity index (χ1) is 14.2. The van der Waals surface area contributed by atoms with Gasteiger partial charge in [-0.15, -0.1) is 0 Å². The first-order valence-electron chi connectivity index (χ1n) is 10.3. The van der Waals surface area contributed by atoms with E-state index in [0.29, 0.717) is 11.7 Å². The van der Waals surface area contributed by atoms with Gasteiger partial charge in [0.2, 0.25) is 5.95 Å².